The zero-order valence-electron chi connectivity index (χ0n) is 6.11. The quantitative estimate of drug-likeness (QED) is 0.469. The van der Waals surface area contributed by atoms with Crippen LogP contribution in [0.15, 0.2) is 11.1 Å². The Bertz CT molecular complexity index is 149. The average molecular weight is 122 g/mol. The van der Waals surface area contributed by atoms with E-state index in [2.05, 4.69) is 6.92 Å². The molecule has 1 fully saturated rings. The third-order valence-electron chi connectivity index (χ3n) is 2.92. The second kappa shape index (κ2) is 1.86. The van der Waals surface area contributed by atoms with Crippen molar-refractivity contribution in [3.05, 3.63) is 11.1 Å². The zero-order valence-corrected chi connectivity index (χ0v) is 6.11. The number of hydrogen-bond donors (Lipinski definition) is 0. The van der Waals surface area contributed by atoms with E-state index in [0.29, 0.717) is 0 Å². The molecule has 1 saturated carbocycles. The lowest BCUT2D eigenvalue weighted by Crippen LogP contribution is -2.19. The minimum absolute atomic E-state index is 1.04. The van der Waals surface area contributed by atoms with Gasteiger partial charge in [0.1, 0.15) is 0 Å². The molecule has 0 spiro atoms. The van der Waals surface area contributed by atoms with Crippen LogP contribution in [0.5, 0.6) is 0 Å². The standard InChI is InChI=1S/C9H14/c1-7-5-6-9(7)8-3-2-4-8/h8H,2-6H2,1H3. The van der Waals surface area contributed by atoms with E-state index in [0.717, 1.165) is 5.92 Å². The first-order valence-corrected chi connectivity index (χ1v) is 4.06. The third-order valence-corrected chi connectivity index (χ3v) is 2.92. The Balaban J connectivity index is 2.05. The van der Waals surface area contributed by atoms with Gasteiger partial charge in [0.15, 0.2) is 0 Å². The van der Waals surface area contributed by atoms with Crippen LogP contribution in [0.1, 0.15) is 39.0 Å². The van der Waals surface area contributed by atoms with Crippen LogP contribution in [-0.2, 0) is 0 Å². The smallest absolute Gasteiger partial charge is 0.0201 e. The van der Waals surface area contributed by atoms with Crippen molar-refractivity contribution in [2.45, 2.75) is 39.0 Å². The average Bonchev–Trinajstić information content (AvgIpc) is 1.74. The van der Waals surface area contributed by atoms with Crippen LogP contribution in [0.4, 0.5) is 0 Å². The maximum Gasteiger partial charge on any atom is -0.0201 e. The predicted molar refractivity (Wildman–Crippen MR) is 39.3 cm³/mol. The molecule has 2 aliphatic rings. The van der Waals surface area contributed by atoms with Gasteiger partial charge in [-0.3, -0.25) is 0 Å². The molecule has 9 heavy (non-hydrogen) atoms. The molecule has 0 heteroatoms. The van der Waals surface area contributed by atoms with Crippen molar-refractivity contribution in [2.75, 3.05) is 0 Å². The summed E-state index contributed by atoms with van der Waals surface area (Å²) in [4.78, 5) is 0. The first kappa shape index (κ1) is 5.52. The largest absolute Gasteiger partial charge is 0.0735 e. The summed E-state index contributed by atoms with van der Waals surface area (Å²) in [6.45, 7) is 2.30. The van der Waals surface area contributed by atoms with E-state index in [9.17, 15) is 0 Å². The first-order chi connectivity index (χ1) is 4.38. The molecule has 0 nitrogen and oxygen atoms in total. The molecule has 0 N–H and O–H groups in total. The van der Waals surface area contributed by atoms with Crippen LogP contribution >= 0.6 is 0 Å². The molecule has 0 unspecified atom stereocenters. The van der Waals surface area contributed by atoms with Gasteiger partial charge in [-0.1, -0.05) is 17.6 Å². The molecule has 0 atom stereocenters. The highest BCUT2D eigenvalue weighted by Gasteiger charge is 2.26. The van der Waals surface area contributed by atoms with Crippen LogP contribution in [0, 0.1) is 5.92 Å². The van der Waals surface area contributed by atoms with E-state index in [-0.39, 0.29) is 0 Å². The van der Waals surface area contributed by atoms with E-state index in [1.54, 1.807) is 5.57 Å². The molecule has 0 aromatic rings. The van der Waals surface area contributed by atoms with E-state index < -0.39 is 0 Å². The van der Waals surface area contributed by atoms with E-state index in [4.69, 9.17) is 0 Å². The van der Waals surface area contributed by atoms with Crippen molar-refractivity contribution in [2.24, 2.45) is 5.92 Å². The lowest BCUT2D eigenvalue weighted by Gasteiger charge is -2.35. The maximum absolute atomic E-state index is 2.30. The van der Waals surface area contributed by atoms with Crippen molar-refractivity contribution in [1.82, 2.24) is 0 Å². The van der Waals surface area contributed by atoms with Gasteiger partial charge in [-0.2, -0.15) is 0 Å². The number of allylic oxidation sites excluding steroid dienone is 2. The van der Waals surface area contributed by atoms with Crippen molar-refractivity contribution >= 4 is 0 Å². The van der Waals surface area contributed by atoms with E-state index in [1.165, 1.54) is 32.1 Å². The van der Waals surface area contributed by atoms with Crippen LogP contribution in [-0.4, -0.2) is 0 Å². The minimum Gasteiger partial charge on any atom is -0.0735 e. The molecule has 2 rings (SSSR count). The second-order valence-electron chi connectivity index (χ2n) is 3.43. The maximum atomic E-state index is 2.30. The molecule has 0 aromatic carbocycles. The van der Waals surface area contributed by atoms with Crippen molar-refractivity contribution in [3.8, 4) is 0 Å². The lowest BCUT2D eigenvalue weighted by atomic mass is 9.71. The fourth-order valence-electron chi connectivity index (χ4n) is 1.83. The summed E-state index contributed by atoms with van der Waals surface area (Å²) >= 11 is 0. The highest BCUT2D eigenvalue weighted by atomic mass is 14.3. The fraction of sp³-hybridized carbons (Fsp3) is 0.778. The van der Waals surface area contributed by atoms with Gasteiger partial charge in [0.05, 0.1) is 0 Å². The van der Waals surface area contributed by atoms with E-state index >= 15 is 0 Å². The van der Waals surface area contributed by atoms with Gasteiger partial charge in [-0.15, -0.1) is 0 Å². The molecular weight excluding hydrogens is 108 g/mol. The van der Waals surface area contributed by atoms with Gasteiger partial charge >= 0.3 is 0 Å². The molecule has 50 valence electrons. The van der Waals surface area contributed by atoms with Gasteiger partial charge in [0, 0.05) is 0 Å². The molecule has 0 saturated heterocycles. The number of hydrogen-bond acceptors (Lipinski definition) is 0. The highest BCUT2D eigenvalue weighted by Crippen LogP contribution is 2.42. The number of rotatable bonds is 1. The summed E-state index contributed by atoms with van der Waals surface area (Å²) < 4.78 is 0. The summed E-state index contributed by atoms with van der Waals surface area (Å²) in [7, 11) is 0. The van der Waals surface area contributed by atoms with Gasteiger partial charge in [-0.05, 0) is 38.5 Å². The van der Waals surface area contributed by atoms with Crippen LogP contribution < -0.4 is 0 Å². The SMILES string of the molecule is CC1=C(C2CCC2)CC1. The van der Waals surface area contributed by atoms with Crippen LogP contribution in [0.2, 0.25) is 0 Å². The van der Waals surface area contributed by atoms with Gasteiger partial charge < -0.3 is 0 Å². The normalized spacial score (nSPS) is 27.7. The monoisotopic (exact) mass is 122 g/mol. The Hall–Kier alpha value is -0.260. The molecule has 0 radical (unpaired) electrons. The molecule has 0 amide bonds. The highest BCUT2D eigenvalue weighted by molar-refractivity contribution is 5.26. The summed E-state index contributed by atoms with van der Waals surface area (Å²) in [6, 6.07) is 0. The summed E-state index contributed by atoms with van der Waals surface area (Å²) in [5.74, 6) is 1.04. The topological polar surface area (TPSA) is 0 Å². The molecule has 2 aliphatic carbocycles. The van der Waals surface area contributed by atoms with Gasteiger partial charge in [0.2, 0.25) is 0 Å². The predicted octanol–water partition coefficient (Wildman–Crippen LogP) is 2.90. The van der Waals surface area contributed by atoms with Crippen molar-refractivity contribution < 1.29 is 0 Å². The third kappa shape index (κ3) is 0.726. The molecule has 0 aliphatic heterocycles. The van der Waals surface area contributed by atoms with E-state index in [1.807, 2.05) is 5.57 Å². The van der Waals surface area contributed by atoms with Crippen LogP contribution in [0.3, 0.4) is 0 Å². The van der Waals surface area contributed by atoms with Crippen LogP contribution in [0.25, 0.3) is 0 Å². The second-order valence-corrected chi connectivity index (χ2v) is 3.43. The Morgan fingerprint density at radius 3 is 2.11 bits per heavy atom. The summed E-state index contributed by atoms with van der Waals surface area (Å²) in [6.07, 6.45) is 7.29. The Labute approximate surface area is 57.0 Å². The Kier molecular flexibility index (Phi) is 1.14. The van der Waals surface area contributed by atoms with Gasteiger partial charge in [-0.25, -0.2) is 0 Å². The molecule has 0 aromatic heterocycles. The summed E-state index contributed by atoms with van der Waals surface area (Å²) in [5, 5.41) is 0. The molecular formula is C9H14. The molecule has 0 heterocycles. The zero-order chi connectivity index (χ0) is 6.27. The Morgan fingerprint density at radius 2 is 2.00 bits per heavy atom. The van der Waals surface area contributed by atoms with Crippen molar-refractivity contribution in [1.29, 1.82) is 0 Å². The fourth-order valence-corrected chi connectivity index (χ4v) is 1.83. The van der Waals surface area contributed by atoms with Crippen molar-refractivity contribution in [3.63, 3.8) is 0 Å². The first-order valence-electron chi connectivity index (χ1n) is 4.06. The summed E-state index contributed by atoms with van der Waals surface area (Å²) in [5.41, 5.74) is 3.53. The molecule has 0 bridgehead atoms. The lowest BCUT2D eigenvalue weighted by molar-refractivity contribution is 0.344. The van der Waals surface area contributed by atoms with Gasteiger partial charge in [0.25, 0.3) is 0 Å². The minimum atomic E-state index is 1.04. The Morgan fingerprint density at radius 1 is 1.22 bits per heavy atom.